The van der Waals surface area contributed by atoms with Gasteiger partial charge in [0.25, 0.3) is 11.7 Å². The molecule has 168 valence electrons. The highest BCUT2D eigenvalue weighted by molar-refractivity contribution is 6.51. The Balaban J connectivity index is 1.86. The van der Waals surface area contributed by atoms with Gasteiger partial charge < -0.3 is 9.84 Å². The molecule has 0 bridgehead atoms. The number of rotatable bonds is 5. The van der Waals surface area contributed by atoms with Crippen LogP contribution in [0.3, 0.4) is 0 Å². The standard InChI is InChI=1S/C27H24FNO4/c1-16(2)33-21-12-10-20(11-13-21)29-24(18-7-5-4-6-8-18)23(26(31)27(29)32)25(30)19-9-14-22(28)17(3)15-19/h4-16,24,30H,1-3H3/b25-23-. The topological polar surface area (TPSA) is 66.8 Å². The molecule has 33 heavy (non-hydrogen) atoms. The molecule has 1 aliphatic heterocycles. The number of nitrogens with zero attached hydrogens (tertiary/aromatic N) is 1. The molecule has 3 aromatic carbocycles. The average molecular weight is 445 g/mol. The van der Waals surface area contributed by atoms with Crippen molar-refractivity contribution < 1.29 is 23.8 Å². The smallest absolute Gasteiger partial charge is 0.300 e. The molecule has 5 nitrogen and oxygen atoms in total. The van der Waals surface area contributed by atoms with Crippen LogP contribution in [-0.4, -0.2) is 22.9 Å². The molecule has 4 rings (SSSR count). The summed E-state index contributed by atoms with van der Waals surface area (Å²) in [6.45, 7) is 5.40. The lowest BCUT2D eigenvalue weighted by Gasteiger charge is -2.25. The van der Waals surface area contributed by atoms with E-state index in [0.29, 0.717) is 22.6 Å². The van der Waals surface area contributed by atoms with Crippen molar-refractivity contribution in [3.05, 3.63) is 101 Å². The Bertz CT molecular complexity index is 1230. The Hall–Kier alpha value is -3.93. The number of aliphatic hydroxyl groups excluding tert-OH is 1. The van der Waals surface area contributed by atoms with Crippen LogP contribution in [0.15, 0.2) is 78.4 Å². The SMILES string of the molecule is Cc1cc(/C(O)=C2/C(=O)C(=O)N(c3ccc(OC(C)C)cc3)C2c2ccccc2)ccc1F. The van der Waals surface area contributed by atoms with Crippen molar-refractivity contribution in [1.29, 1.82) is 0 Å². The van der Waals surface area contributed by atoms with E-state index in [1.807, 2.05) is 19.9 Å². The fraction of sp³-hybridized carbons (Fsp3) is 0.185. The van der Waals surface area contributed by atoms with Gasteiger partial charge in [0.2, 0.25) is 0 Å². The van der Waals surface area contributed by atoms with Crippen molar-refractivity contribution in [2.75, 3.05) is 4.90 Å². The maximum absolute atomic E-state index is 13.8. The minimum atomic E-state index is -0.839. The number of hydrogen-bond acceptors (Lipinski definition) is 4. The Morgan fingerprint density at radius 3 is 2.27 bits per heavy atom. The van der Waals surface area contributed by atoms with Crippen molar-refractivity contribution in [1.82, 2.24) is 0 Å². The number of halogens is 1. The van der Waals surface area contributed by atoms with Gasteiger partial charge in [-0.05, 0) is 74.4 Å². The fourth-order valence-corrected chi connectivity index (χ4v) is 3.95. The second kappa shape index (κ2) is 8.90. The van der Waals surface area contributed by atoms with Crippen LogP contribution in [0.4, 0.5) is 10.1 Å². The van der Waals surface area contributed by atoms with E-state index in [2.05, 4.69) is 0 Å². The van der Waals surface area contributed by atoms with Crippen molar-refractivity contribution in [2.45, 2.75) is 32.9 Å². The van der Waals surface area contributed by atoms with Crippen LogP contribution in [0, 0.1) is 12.7 Å². The predicted molar refractivity (Wildman–Crippen MR) is 125 cm³/mol. The lowest BCUT2D eigenvalue weighted by atomic mass is 9.94. The third-order valence-corrected chi connectivity index (χ3v) is 5.48. The monoisotopic (exact) mass is 445 g/mol. The molecule has 1 unspecified atom stereocenters. The molecule has 1 atom stereocenters. The summed E-state index contributed by atoms with van der Waals surface area (Å²) in [5.41, 5.74) is 1.72. The maximum Gasteiger partial charge on any atom is 0.300 e. The Morgan fingerprint density at radius 1 is 1.00 bits per heavy atom. The Kier molecular flexibility index (Phi) is 6.01. The predicted octanol–water partition coefficient (Wildman–Crippen LogP) is 5.55. The second-order valence-electron chi connectivity index (χ2n) is 8.20. The van der Waals surface area contributed by atoms with Crippen molar-refractivity contribution in [3.63, 3.8) is 0 Å². The van der Waals surface area contributed by atoms with E-state index < -0.39 is 23.5 Å². The number of anilines is 1. The fourth-order valence-electron chi connectivity index (χ4n) is 3.95. The van der Waals surface area contributed by atoms with Crippen LogP contribution < -0.4 is 9.64 Å². The Labute approximate surface area is 191 Å². The van der Waals surface area contributed by atoms with Crippen LogP contribution in [-0.2, 0) is 9.59 Å². The van der Waals surface area contributed by atoms with Crippen molar-refractivity contribution >= 4 is 23.1 Å². The molecule has 1 saturated heterocycles. The second-order valence-corrected chi connectivity index (χ2v) is 8.20. The lowest BCUT2D eigenvalue weighted by molar-refractivity contribution is -0.132. The minimum Gasteiger partial charge on any atom is -0.507 e. The molecule has 0 spiro atoms. The average Bonchev–Trinajstić information content (AvgIpc) is 3.06. The van der Waals surface area contributed by atoms with E-state index >= 15 is 0 Å². The van der Waals surface area contributed by atoms with Gasteiger partial charge in [0, 0.05) is 11.3 Å². The summed E-state index contributed by atoms with van der Waals surface area (Å²) in [4.78, 5) is 27.7. The zero-order valence-corrected chi connectivity index (χ0v) is 18.6. The first kappa shape index (κ1) is 22.3. The number of ether oxygens (including phenoxy) is 1. The molecule has 3 aromatic rings. The molecule has 1 heterocycles. The van der Waals surface area contributed by atoms with Crippen LogP contribution in [0.5, 0.6) is 5.75 Å². The molecule has 1 fully saturated rings. The van der Waals surface area contributed by atoms with Crippen LogP contribution >= 0.6 is 0 Å². The van der Waals surface area contributed by atoms with Crippen molar-refractivity contribution in [2.24, 2.45) is 0 Å². The molecular weight excluding hydrogens is 421 g/mol. The van der Waals surface area contributed by atoms with E-state index in [-0.39, 0.29) is 23.0 Å². The highest BCUT2D eigenvalue weighted by Crippen LogP contribution is 2.42. The molecule has 0 aliphatic carbocycles. The number of ketones is 1. The van der Waals surface area contributed by atoms with E-state index in [1.165, 1.54) is 23.1 Å². The third-order valence-electron chi connectivity index (χ3n) is 5.48. The van der Waals surface area contributed by atoms with E-state index in [0.717, 1.165) is 0 Å². The summed E-state index contributed by atoms with van der Waals surface area (Å²) in [5, 5.41) is 11.1. The van der Waals surface area contributed by atoms with Gasteiger partial charge in [0.05, 0.1) is 17.7 Å². The van der Waals surface area contributed by atoms with Gasteiger partial charge in [-0.2, -0.15) is 0 Å². The quantitative estimate of drug-likeness (QED) is 0.318. The molecule has 0 saturated carbocycles. The molecular formula is C27H24FNO4. The summed E-state index contributed by atoms with van der Waals surface area (Å²) in [5.74, 6) is -1.67. The highest BCUT2D eigenvalue weighted by atomic mass is 19.1. The number of hydrogen-bond donors (Lipinski definition) is 1. The van der Waals surface area contributed by atoms with E-state index in [9.17, 15) is 19.1 Å². The van der Waals surface area contributed by atoms with Crippen LogP contribution in [0.1, 0.15) is 36.6 Å². The molecule has 1 amide bonds. The zero-order chi connectivity index (χ0) is 23.7. The van der Waals surface area contributed by atoms with Gasteiger partial charge in [0.1, 0.15) is 17.3 Å². The Morgan fingerprint density at radius 2 is 1.67 bits per heavy atom. The summed E-state index contributed by atoms with van der Waals surface area (Å²) in [7, 11) is 0. The lowest BCUT2D eigenvalue weighted by Crippen LogP contribution is -2.29. The first-order chi connectivity index (χ1) is 15.8. The summed E-state index contributed by atoms with van der Waals surface area (Å²) in [6, 6.07) is 19.2. The number of amides is 1. The van der Waals surface area contributed by atoms with Gasteiger partial charge in [-0.15, -0.1) is 0 Å². The van der Waals surface area contributed by atoms with Gasteiger partial charge in [-0.1, -0.05) is 30.3 Å². The summed E-state index contributed by atoms with van der Waals surface area (Å²) < 4.78 is 19.5. The van der Waals surface area contributed by atoms with Gasteiger partial charge in [0.15, 0.2) is 0 Å². The van der Waals surface area contributed by atoms with E-state index in [4.69, 9.17) is 4.74 Å². The maximum atomic E-state index is 13.8. The van der Waals surface area contributed by atoms with Gasteiger partial charge in [-0.3, -0.25) is 14.5 Å². The molecule has 0 radical (unpaired) electrons. The number of benzene rings is 3. The normalized spacial score (nSPS) is 17.6. The molecule has 1 aliphatic rings. The third kappa shape index (κ3) is 4.24. The number of carbonyl (C=O) groups excluding carboxylic acids is 2. The van der Waals surface area contributed by atoms with Crippen molar-refractivity contribution in [3.8, 4) is 5.75 Å². The van der Waals surface area contributed by atoms with Crippen LogP contribution in [0.25, 0.3) is 5.76 Å². The number of Topliss-reactive ketones (excluding diaryl/α,β-unsaturated/α-hetero) is 1. The number of aliphatic hydroxyl groups is 1. The molecule has 6 heteroatoms. The van der Waals surface area contributed by atoms with E-state index in [1.54, 1.807) is 55.5 Å². The van der Waals surface area contributed by atoms with Gasteiger partial charge in [-0.25, -0.2) is 4.39 Å². The largest absolute Gasteiger partial charge is 0.507 e. The number of carbonyl (C=O) groups is 2. The molecule has 1 N–H and O–H groups in total. The minimum absolute atomic E-state index is 0.00596. The van der Waals surface area contributed by atoms with Crippen LogP contribution in [0.2, 0.25) is 0 Å². The number of aryl methyl sites for hydroxylation is 1. The van der Waals surface area contributed by atoms with Gasteiger partial charge >= 0.3 is 0 Å². The first-order valence-corrected chi connectivity index (χ1v) is 10.7. The zero-order valence-electron chi connectivity index (χ0n) is 18.6. The highest BCUT2D eigenvalue weighted by Gasteiger charge is 2.46. The molecule has 0 aromatic heterocycles. The summed E-state index contributed by atoms with van der Waals surface area (Å²) >= 11 is 0. The first-order valence-electron chi connectivity index (χ1n) is 10.7. The summed E-state index contributed by atoms with van der Waals surface area (Å²) in [6.07, 6.45) is -0.00596.